The maximum Gasteiger partial charge on any atom is 0.418 e. The van der Waals surface area contributed by atoms with Crippen molar-refractivity contribution in [2.45, 2.75) is 65.5 Å². The molecule has 0 aromatic heterocycles. The van der Waals surface area contributed by atoms with Gasteiger partial charge in [-0.3, -0.25) is 4.79 Å². The number of fused-ring (bicyclic) bond motifs is 1. The molecular formula is C21H32N2O5S. The Kier molecular flexibility index (Phi) is 8.64. The molecule has 0 spiro atoms. The zero-order valence-electron chi connectivity index (χ0n) is 17.8. The van der Waals surface area contributed by atoms with Crippen LogP contribution < -0.4 is 4.74 Å². The Labute approximate surface area is 177 Å². The van der Waals surface area contributed by atoms with E-state index < -0.39 is 6.09 Å². The van der Waals surface area contributed by atoms with Crippen LogP contribution in [0.2, 0.25) is 0 Å². The molecule has 29 heavy (non-hydrogen) atoms. The van der Waals surface area contributed by atoms with Gasteiger partial charge in [-0.1, -0.05) is 31.5 Å². The Hall–Kier alpha value is -1.93. The van der Waals surface area contributed by atoms with E-state index in [-0.39, 0.29) is 24.5 Å². The molecule has 162 valence electrons. The fourth-order valence-corrected chi connectivity index (χ4v) is 4.14. The summed E-state index contributed by atoms with van der Waals surface area (Å²) in [4.78, 5) is 23.6. The molecule has 1 heterocycles. The molecule has 8 heteroatoms. The quantitative estimate of drug-likeness (QED) is 0.414. The molecule has 7 nitrogen and oxygen atoms in total. The first-order chi connectivity index (χ1) is 13.8. The molecule has 0 saturated carbocycles. The van der Waals surface area contributed by atoms with Crippen molar-refractivity contribution in [3.63, 3.8) is 0 Å². The third-order valence-corrected chi connectivity index (χ3v) is 5.62. The van der Waals surface area contributed by atoms with E-state index in [4.69, 9.17) is 9.47 Å². The molecule has 1 aromatic rings. The van der Waals surface area contributed by atoms with Crippen LogP contribution in [0, 0.1) is 0 Å². The Morgan fingerprint density at radius 3 is 2.69 bits per heavy atom. The third-order valence-electron chi connectivity index (χ3n) is 4.55. The molecular weight excluding hydrogens is 392 g/mol. The molecule has 0 aliphatic carbocycles. The average molecular weight is 425 g/mol. The average Bonchev–Trinajstić information content (AvgIpc) is 2.98. The number of esters is 1. The highest BCUT2D eigenvalue weighted by molar-refractivity contribution is 7.95. The monoisotopic (exact) mass is 424 g/mol. The second kappa shape index (κ2) is 10.7. The van der Waals surface area contributed by atoms with Crippen molar-refractivity contribution >= 4 is 24.2 Å². The Morgan fingerprint density at radius 2 is 2.03 bits per heavy atom. The fraction of sp³-hybridized carbons (Fsp3) is 0.619. The first kappa shape index (κ1) is 23.3. The predicted octanol–water partition coefficient (Wildman–Crippen LogP) is 4.50. The molecule has 1 N–H and O–H groups in total. The number of benzene rings is 1. The summed E-state index contributed by atoms with van der Waals surface area (Å²) in [7, 11) is 0. The summed E-state index contributed by atoms with van der Waals surface area (Å²) in [6.45, 7) is 9.60. The first-order valence-corrected chi connectivity index (χ1v) is 10.9. The van der Waals surface area contributed by atoms with Gasteiger partial charge in [0.1, 0.15) is 11.4 Å². The predicted molar refractivity (Wildman–Crippen MR) is 114 cm³/mol. The number of carbonyl (C=O) groups excluding carboxylic acids is 1. The lowest BCUT2D eigenvalue weighted by molar-refractivity contribution is -0.143. The van der Waals surface area contributed by atoms with E-state index >= 15 is 0 Å². The van der Waals surface area contributed by atoms with Crippen molar-refractivity contribution in [2.75, 3.05) is 19.7 Å². The normalized spacial score (nSPS) is 14.4. The molecule has 0 atom stereocenters. The van der Waals surface area contributed by atoms with Crippen LogP contribution in [0.1, 0.15) is 58.1 Å². The number of hydrogen-bond donors (Lipinski definition) is 1. The van der Waals surface area contributed by atoms with Gasteiger partial charge in [0.15, 0.2) is 0 Å². The standard InChI is InChI=1S/C21H32N2O5S/c1-5-7-12-22(13-11-18(24)27-6-2)29-23(20(25)26)15-17-10-8-9-16-14-21(3,4)28-19(16)17/h8-10H,5-7,11-15H2,1-4H3,(H,25,26). The van der Waals surface area contributed by atoms with Crippen LogP contribution in [0.15, 0.2) is 18.2 Å². The third kappa shape index (κ3) is 7.12. The van der Waals surface area contributed by atoms with Crippen molar-refractivity contribution in [1.29, 1.82) is 0 Å². The van der Waals surface area contributed by atoms with Crippen molar-refractivity contribution in [3.05, 3.63) is 29.3 Å². The lowest BCUT2D eigenvalue weighted by Crippen LogP contribution is -2.31. The van der Waals surface area contributed by atoms with Crippen LogP contribution in [0.25, 0.3) is 0 Å². The van der Waals surface area contributed by atoms with E-state index in [9.17, 15) is 14.7 Å². The molecule has 0 saturated heterocycles. The molecule has 0 fully saturated rings. The minimum atomic E-state index is -1.03. The summed E-state index contributed by atoms with van der Waals surface area (Å²) in [5.41, 5.74) is 1.67. The van der Waals surface area contributed by atoms with E-state index in [1.807, 2.05) is 36.4 Å². The van der Waals surface area contributed by atoms with E-state index in [1.165, 1.54) is 4.31 Å². The molecule has 1 aliphatic heterocycles. The fourth-order valence-electron chi connectivity index (χ4n) is 3.21. The van der Waals surface area contributed by atoms with Crippen LogP contribution in [0.4, 0.5) is 4.79 Å². The first-order valence-electron chi connectivity index (χ1n) is 10.1. The van der Waals surface area contributed by atoms with E-state index in [2.05, 4.69) is 6.92 Å². The van der Waals surface area contributed by atoms with Gasteiger partial charge in [0.05, 0.1) is 19.6 Å². The molecule has 1 amide bonds. The zero-order valence-corrected chi connectivity index (χ0v) is 18.6. The van der Waals surface area contributed by atoms with Gasteiger partial charge in [-0.05, 0) is 32.8 Å². The minimum absolute atomic E-state index is 0.210. The summed E-state index contributed by atoms with van der Waals surface area (Å²) in [5, 5.41) is 9.77. The number of carbonyl (C=O) groups is 2. The Morgan fingerprint density at radius 1 is 1.28 bits per heavy atom. The van der Waals surface area contributed by atoms with Crippen molar-refractivity contribution < 1.29 is 24.2 Å². The summed E-state index contributed by atoms with van der Waals surface area (Å²) in [6.07, 6.45) is 1.91. The summed E-state index contributed by atoms with van der Waals surface area (Å²) in [5.74, 6) is 0.518. The number of ether oxygens (including phenoxy) is 2. The molecule has 1 aromatic carbocycles. The van der Waals surface area contributed by atoms with E-state index in [0.717, 1.165) is 48.3 Å². The minimum Gasteiger partial charge on any atom is -0.487 e. The smallest absolute Gasteiger partial charge is 0.418 e. The number of rotatable bonds is 11. The molecule has 0 bridgehead atoms. The Balaban J connectivity index is 2.09. The SMILES string of the molecule is CCCCN(CCC(=O)OCC)SN(Cc1cccc2c1OC(C)(C)C2)C(=O)O. The summed E-state index contributed by atoms with van der Waals surface area (Å²) in [6, 6.07) is 5.88. The highest BCUT2D eigenvalue weighted by Crippen LogP contribution is 2.38. The number of nitrogens with zero attached hydrogens (tertiary/aromatic N) is 2. The topological polar surface area (TPSA) is 79.3 Å². The Bertz CT molecular complexity index is 710. The number of para-hydroxylation sites is 1. The maximum absolute atomic E-state index is 11.9. The number of hydrogen-bond acceptors (Lipinski definition) is 6. The van der Waals surface area contributed by atoms with Gasteiger partial charge >= 0.3 is 12.1 Å². The van der Waals surface area contributed by atoms with Crippen LogP contribution in [0.5, 0.6) is 5.75 Å². The van der Waals surface area contributed by atoms with Gasteiger partial charge < -0.3 is 14.6 Å². The molecule has 1 aliphatic rings. The largest absolute Gasteiger partial charge is 0.487 e. The molecule has 2 rings (SSSR count). The van der Waals surface area contributed by atoms with Crippen molar-refractivity contribution in [1.82, 2.24) is 8.61 Å². The lowest BCUT2D eigenvalue weighted by atomic mass is 10.0. The number of amides is 1. The van der Waals surface area contributed by atoms with E-state index in [1.54, 1.807) is 6.92 Å². The van der Waals surface area contributed by atoms with Gasteiger partial charge in [0.2, 0.25) is 0 Å². The van der Waals surface area contributed by atoms with Crippen LogP contribution in [-0.2, 0) is 22.5 Å². The zero-order chi connectivity index (χ0) is 21.4. The second-order valence-electron chi connectivity index (χ2n) is 7.68. The van der Waals surface area contributed by atoms with Gasteiger partial charge in [0.25, 0.3) is 0 Å². The number of carboxylic acid groups (broad SMARTS) is 1. The summed E-state index contributed by atoms with van der Waals surface area (Å²) >= 11 is 1.14. The van der Waals surface area contributed by atoms with Gasteiger partial charge in [-0.2, -0.15) is 0 Å². The second-order valence-corrected chi connectivity index (χ2v) is 8.80. The van der Waals surface area contributed by atoms with Gasteiger partial charge in [-0.25, -0.2) is 13.4 Å². The number of unbranched alkanes of at least 4 members (excludes halogenated alkanes) is 1. The maximum atomic E-state index is 11.9. The molecule has 0 unspecified atom stereocenters. The van der Waals surface area contributed by atoms with Gasteiger partial charge in [0, 0.05) is 37.2 Å². The van der Waals surface area contributed by atoms with Crippen LogP contribution in [-0.4, -0.2) is 51.1 Å². The molecule has 0 radical (unpaired) electrons. The highest BCUT2D eigenvalue weighted by Gasteiger charge is 2.32. The summed E-state index contributed by atoms with van der Waals surface area (Å²) < 4.78 is 14.3. The van der Waals surface area contributed by atoms with Gasteiger partial charge in [-0.15, -0.1) is 0 Å². The van der Waals surface area contributed by atoms with Crippen molar-refractivity contribution in [2.24, 2.45) is 0 Å². The lowest BCUT2D eigenvalue weighted by Gasteiger charge is -2.27. The van der Waals surface area contributed by atoms with Crippen LogP contribution in [0.3, 0.4) is 0 Å². The van der Waals surface area contributed by atoms with Crippen LogP contribution >= 0.6 is 12.1 Å². The van der Waals surface area contributed by atoms with Crippen molar-refractivity contribution in [3.8, 4) is 5.75 Å². The van der Waals surface area contributed by atoms with E-state index in [0.29, 0.717) is 19.7 Å². The highest BCUT2D eigenvalue weighted by atomic mass is 32.2.